The molecule has 0 aromatic carbocycles. The minimum Gasteiger partial charge on any atom is -0.397 e. The summed E-state index contributed by atoms with van der Waals surface area (Å²) < 4.78 is 0. The molecule has 1 fully saturated rings. The van der Waals surface area contributed by atoms with Crippen LogP contribution >= 0.6 is 0 Å². The van der Waals surface area contributed by atoms with E-state index in [1.54, 1.807) is 18.3 Å². The van der Waals surface area contributed by atoms with Gasteiger partial charge in [0, 0.05) is 12.2 Å². The van der Waals surface area contributed by atoms with Crippen molar-refractivity contribution in [1.29, 1.82) is 0 Å². The first-order chi connectivity index (χ1) is 8.63. The number of nitrogen functional groups attached to an aromatic ring is 1. The lowest BCUT2D eigenvalue weighted by Crippen LogP contribution is -2.42. The number of amides is 1. The van der Waals surface area contributed by atoms with E-state index in [1.165, 1.54) is 19.3 Å². The fourth-order valence-corrected chi connectivity index (χ4v) is 2.39. The first-order valence-corrected chi connectivity index (χ1v) is 6.61. The van der Waals surface area contributed by atoms with Gasteiger partial charge in [-0.05, 0) is 36.8 Å². The molecular formula is C14H21N3O. The van der Waals surface area contributed by atoms with Gasteiger partial charge in [0.15, 0.2) is 0 Å². The van der Waals surface area contributed by atoms with Crippen molar-refractivity contribution < 1.29 is 4.79 Å². The van der Waals surface area contributed by atoms with Gasteiger partial charge in [0.25, 0.3) is 0 Å². The van der Waals surface area contributed by atoms with E-state index in [0.717, 1.165) is 18.7 Å². The Bertz CT molecular complexity index is 404. The molecule has 3 N–H and O–H groups in total. The molecule has 1 aliphatic rings. The third kappa shape index (κ3) is 3.00. The normalized spacial score (nSPS) is 16.9. The second-order valence-corrected chi connectivity index (χ2v) is 5.24. The van der Waals surface area contributed by atoms with Crippen LogP contribution in [0.1, 0.15) is 38.3 Å². The molecule has 1 saturated carbocycles. The topological polar surface area (TPSA) is 68.0 Å². The number of nitrogens with two attached hydrogens (primary N) is 1. The van der Waals surface area contributed by atoms with E-state index in [0.29, 0.717) is 17.5 Å². The van der Waals surface area contributed by atoms with Gasteiger partial charge in [-0.3, -0.25) is 9.78 Å². The Labute approximate surface area is 108 Å². The number of carbonyl (C=O) groups excluding carboxylic acids is 1. The van der Waals surface area contributed by atoms with Gasteiger partial charge in [0.05, 0.1) is 18.3 Å². The number of aromatic nitrogens is 1. The second kappa shape index (κ2) is 5.38. The van der Waals surface area contributed by atoms with Crippen LogP contribution in [0.25, 0.3) is 0 Å². The van der Waals surface area contributed by atoms with E-state index < -0.39 is 0 Å². The van der Waals surface area contributed by atoms with Gasteiger partial charge in [-0.2, -0.15) is 0 Å². The Morgan fingerprint density at radius 2 is 2.28 bits per heavy atom. The number of anilines is 1. The smallest absolute Gasteiger partial charge is 0.226 e. The van der Waals surface area contributed by atoms with E-state index in [-0.39, 0.29) is 5.91 Å². The van der Waals surface area contributed by atoms with E-state index in [2.05, 4.69) is 17.2 Å². The quantitative estimate of drug-likeness (QED) is 0.835. The lowest BCUT2D eigenvalue weighted by Gasteiger charge is -2.41. The van der Waals surface area contributed by atoms with Crippen molar-refractivity contribution in [1.82, 2.24) is 10.3 Å². The highest BCUT2D eigenvalue weighted by Gasteiger charge is 2.35. The number of nitrogens with one attached hydrogen (secondary N) is 1. The van der Waals surface area contributed by atoms with Crippen LogP contribution in [-0.2, 0) is 11.2 Å². The van der Waals surface area contributed by atoms with Gasteiger partial charge in [-0.25, -0.2) is 0 Å². The zero-order chi connectivity index (χ0) is 13.0. The zero-order valence-electron chi connectivity index (χ0n) is 10.9. The van der Waals surface area contributed by atoms with Crippen LogP contribution in [0.4, 0.5) is 5.69 Å². The summed E-state index contributed by atoms with van der Waals surface area (Å²) in [5, 5.41) is 3.03. The maximum absolute atomic E-state index is 11.8. The summed E-state index contributed by atoms with van der Waals surface area (Å²) in [5.41, 5.74) is 7.31. The van der Waals surface area contributed by atoms with Crippen molar-refractivity contribution in [3.05, 3.63) is 24.0 Å². The summed E-state index contributed by atoms with van der Waals surface area (Å²) in [6, 6.07) is 3.57. The van der Waals surface area contributed by atoms with Gasteiger partial charge in [-0.15, -0.1) is 0 Å². The molecular weight excluding hydrogens is 226 g/mol. The predicted molar refractivity (Wildman–Crippen MR) is 71.9 cm³/mol. The molecule has 1 aromatic rings. The minimum atomic E-state index is 0.0481. The summed E-state index contributed by atoms with van der Waals surface area (Å²) in [6.07, 6.45) is 6.84. The molecule has 1 aromatic heterocycles. The molecule has 0 bridgehead atoms. The third-order valence-corrected chi connectivity index (χ3v) is 4.01. The average Bonchev–Trinajstić information content (AvgIpc) is 2.31. The lowest BCUT2D eigenvalue weighted by atomic mass is 9.67. The molecule has 0 aliphatic heterocycles. The summed E-state index contributed by atoms with van der Waals surface area (Å²) in [4.78, 5) is 15.9. The molecule has 0 radical (unpaired) electrons. The van der Waals surface area contributed by atoms with Crippen LogP contribution in [-0.4, -0.2) is 17.4 Å². The number of carbonyl (C=O) groups is 1. The Morgan fingerprint density at radius 1 is 1.50 bits per heavy atom. The highest BCUT2D eigenvalue weighted by atomic mass is 16.1. The first-order valence-electron chi connectivity index (χ1n) is 6.61. The monoisotopic (exact) mass is 247 g/mol. The van der Waals surface area contributed by atoms with Crippen molar-refractivity contribution in [2.24, 2.45) is 5.41 Å². The maximum atomic E-state index is 11.8. The summed E-state index contributed by atoms with van der Waals surface area (Å²) >= 11 is 0. The first kappa shape index (κ1) is 12.9. The fourth-order valence-electron chi connectivity index (χ4n) is 2.39. The summed E-state index contributed by atoms with van der Waals surface area (Å²) in [6.45, 7) is 3.00. The highest BCUT2D eigenvalue weighted by molar-refractivity contribution is 5.78. The Balaban J connectivity index is 1.80. The number of rotatable bonds is 5. The fraction of sp³-hybridized carbons (Fsp3) is 0.571. The molecule has 1 aliphatic carbocycles. The lowest BCUT2D eigenvalue weighted by molar-refractivity contribution is -0.121. The molecule has 0 saturated heterocycles. The van der Waals surface area contributed by atoms with Crippen LogP contribution in [0.2, 0.25) is 0 Å². The Kier molecular flexibility index (Phi) is 3.84. The van der Waals surface area contributed by atoms with Gasteiger partial charge >= 0.3 is 0 Å². The number of nitrogens with zero attached hydrogens (tertiary/aromatic N) is 1. The summed E-state index contributed by atoms with van der Waals surface area (Å²) in [7, 11) is 0. The van der Waals surface area contributed by atoms with Crippen molar-refractivity contribution in [2.75, 3.05) is 12.3 Å². The SMILES string of the molecule is CCC1(CNC(=O)Cc2ccc(N)cn2)CCC1. The van der Waals surface area contributed by atoms with Gasteiger partial charge in [-0.1, -0.05) is 13.3 Å². The number of pyridine rings is 1. The van der Waals surface area contributed by atoms with E-state index in [9.17, 15) is 4.79 Å². The molecule has 0 unspecified atom stereocenters. The van der Waals surface area contributed by atoms with Crippen LogP contribution < -0.4 is 11.1 Å². The number of hydrogen-bond acceptors (Lipinski definition) is 3. The third-order valence-electron chi connectivity index (χ3n) is 4.01. The van der Waals surface area contributed by atoms with Crippen LogP contribution in [0.15, 0.2) is 18.3 Å². The van der Waals surface area contributed by atoms with Crippen LogP contribution in [0.3, 0.4) is 0 Å². The van der Waals surface area contributed by atoms with E-state index >= 15 is 0 Å². The number of hydrogen-bond donors (Lipinski definition) is 2. The maximum Gasteiger partial charge on any atom is 0.226 e. The largest absolute Gasteiger partial charge is 0.397 e. The molecule has 4 nitrogen and oxygen atoms in total. The second-order valence-electron chi connectivity index (χ2n) is 5.24. The standard InChI is InChI=1S/C14H21N3O/c1-2-14(6-3-7-14)10-17-13(18)8-12-5-4-11(15)9-16-12/h4-5,9H,2-3,6-8,10,15H2,1H3,(H,17,18). The van der Waals surface area contributed by atoms with Crippen LogP contribution in [0, 0.1) is 5.41 Å². The Morgan fingerprint density at radius 3 is 2.78 bits per heavy atom. The predicted octanol–water partition coefficient (Wildman–Crippen LogP) is 1.90. The van der Waals surface area contributed by atoms with E-state index in [4.69, 9.17) is 5.73 Å². The Hall–Kier alpha value is -1.58. The van der Waals surface area contributed by atoms with Crippen molar-refractivity contribution >= 4 is 11.6 Å². The van der Waals surface area contributed by atoms with E-state index in [1.807, 2.05) is 0 Å². The molecule has 1 amide bonds. The molecule has 2 rings (SSSR count). The van der Waals surface area contributed by atoms with Gasteiger partial charge < -0.3 is 11.1 Å². The molecule has 18 heavy (non-hydrogen) atoms. The van der Waals surface area contributed by atoms with Gasteiger partial charge in [0.1, 0.15) is 0 Å². The average molecular weight is 247 g/mol. The van der Waals surface area contributed by atoms with Crippen LogP contribution in [0.5, 0.6) is 0 Å². The zero-order valence-corrected chi connectivity index (χ0v) is 10.9. The highest BCUT2D eigenvalue weighted by Crippen LogP contribution is 2.42. The summed E-state index contributed by atoms with van der Waals surface area (Å²) in [5.74, 6) is 0.0481. The molecule has 0 spiro atoms. The molecule has 1 heterocycles. The molecule has 0 atom stereocenters. The van der Waals surface area contributed by atoms with Crippen molar-refractivity contribution in [2.45, 2.75) is 39.0 Å². The molecule has 4 heteroatoms. The minimum absolute atomic E-state index is 0.0481. The van der Waals surface area contributed by atoms with Crippen molar-refractivity contribution in [3.63, 3.8) is 0 Å². The molecule has 98 valence electrons. The van der Waals surface area contributed by atoms with Gasteiger partial charge in [0.2, 0.25) is 5.91 Å². The van der Waals surface area contributed by atoms with Crippen molar-refractivity contribution in [3.8, 4) is 0 Å².